The van der Waals surface area contributed by atoms with E-state index in [1.54, 1.807) is 24.3 Å². The molecular weight excluding hydrogens is 730 g/mol. The number of fused-ring (bicyclic) bond motifs is 1. The second kappa shape index (κ2) is 20.5. The summed E-state index contributed by atoms with van der Waals surface area (Å²) in [4.78, 5) is 88.9. The van der Waals surface area contributed by atoms with Crippen molar-refractivity contribution in [3.05, 3.63) is 113 Å². The lowest BCUT2D eigenvalue weighted by Gasteiger charge is -2.20. The molecule has 0 aliphatic rings. The maximum Gasteiger partial charge on any atom is 0.326 e. The zero-order valence-corrected chi connectivity index (χ0v) is 30.0. The van der Waals surface area contributed by atoms with Crippen LogP contribution in [0.5, 0.6) is 0 Å². The van der Waals surface area contributed by atoms with Gasteiger partial charge in [-0.25, -0.2) is 19.4 Å². The SMILES string of the molecule is O=C(O)CC[C@H](NC(=O)N[C@@H](CCCCNC(=O)[C@H](Cc1ccc2ccccc2c1)NC(=O)c1ccc(CNC(=O)c2ccc([18F])nc2)cc1)C(=O)O)C(=O)O. The average Bonchev–Trinajstić information content (AvgIpc) is 3.17. The minimum atomic E-state index is -1.54. The summed E-state index contributed by atoms with van der Waals surface area (Å²) in [7, 11) is 0. The highest BCUT2D eigenvalue weighted by molar-refractivity contribution is 5.98. The number of nitrogens with one attached hydrogen (secondary N) is 5. The van der Waals surface area contributed by atoms with E-state index in [-0.39, 0.29) is 43.5 Å². The summed E-state index contributed by atoms with van der Waals surface area (Å²) in [5.41, 5.74) is 1.90. The van der Waals surface area contributed by atoms with Crippen LogP contribution >= 0.6 is 0 Å². The number of carbonyl (C=O) groups excluding carboxylic acids is 4. The van der Waals surface area contributed by atoms with Crippen molar-refractivity contribution in [2.24, 2.45) is 0 Å². The Balaban J connectivity index is 1.33. The van der Waals surface area contributed by atoms with Crippen LogP contribution in [0, 0.1) is 5.95 Å². The van der Waals surface area contributed by atoms with Crippen molar-refractivity contribution in [2.75, 3.05) is 6.54 Å². The van der Waals surface area contributed by atoms with Gasteiger partial charge < -0.3 is 41.9 Å². The molecule has 56 heavy (non-hydrogen) atoms. The number of hydrogen-bond acceptors (Lipinski definition) is 8. The van der Waals surface area contributed by atoms with Gasteiger partial charge in [-0.1, -0.05) is 54.6 Å². The number of carboxylic acid groups (broad SMARTS) is 3. The van der Waals surface area contributed by atoms with Gasteiger partial charge in [-0.2, -0.15) is 4.39 Å². The maximum absolute atomic E-state index is 13.5. The minimum Gasteiger partial charge on any atom is -0.481 e. The molecule has 0 saturated heterocycles. The van der Waals surface area contributed by atoms with Gasteiger partial charge in [-0.05, 0) is 71.8 Å². The fourth-order valence-corrected chi connectivity index (χ4v) is 5.57. The quantitative estimate of drug-likeness (QED) is 0.0479. The summed E-state index contributed by atoms with van der Waals surface area (Å²) in [6.07, 6.45) is 0.810. The maximum atomic E-state index is 13.5. The number of aromatic nitrogens is 1. The van der Waals surface area contributed by atoms with Crippen LogP contribution in [0.4, 0.5) is 9.18 Å². The van der Waals surface area contributed by atoms with E-state index < -0.39 is 78.6 Å². The van der Waals surface area contributed by atoms with Crippen LogP contribution < -0.4 is 26.6 Å². The molecule has 0 unspecified atom stereocenters. The number of benzene rings is 3. The summed E-state index contributed by atoms with van der Waals surface area (Å²) < 4.78 is 13.1. The molecule has 0 bridgehead atoms. The highest BCUT2D eigenvalue weighted by atomic mass is 18.2. The van der Waals surface area contributed by atoms with Gasteiger partial charge in [0.15, 0.2) is 0 Å². The predicted octanol–water partition coefficient (Wildman–Crippen LogP) is 3.00. The molecule has 17 heteroatoms. The first kappa shape index (κ1) is 41.8. The number of urea groups is 1. The fraction of sp³-hybridized carbons (Fsp3) is 0.282. The van der Waals surface area contributed by atoms with E-state index in [1.165, 1.54) is 6.07 Å². The molecule has 294 valence electrons. The summed E-state index contributed by atoms with van der Waals surface area (Å²) in [6, 6.07) is 17.1. The van der Waals surface area contributed by atoms with Crippen molar-refractivity contribution in [1.29, 1.82) is 0 Å². The molecule has 0 aliphatic heterocycles. The van der Waals surface area contributed by atoms with Gasteiger partial charge in [0.1, 0.15) is 18.1 Å². The van der Waals surface area contributed by atoms with Crippen LogP contribution in [0.15, 0.2) is 85.1 Å². The van der Waals surface area contributed by atoms with Gasteiger partial charge >= 0.3 is 23.9 Å². The molecule has 8 N–H and O–H groups in total. The number of nitrogens with zero attached hydrogens (tertiary/aromatic N) is 1. The van der Waals surface area contributed by atoms with Crippen LogP contribution in [0.1, 0.15) is 63.9 Å². The highest BCUT2D eigenvalue weighted by Crippen LogP contribution is 2.17. The third kappa shape index (κ3) is 13.2. The Morgan fingerprint density at radius 2 is 1.29 bits per heavy atom. The number of unbranched alkanes of at least 4 members (excludes halogenated alkanes) is 1. The largest absolute Gasteiger partial charge is 0.481 e. The first-order valence-electron chi connectivity index (χ1n) is 17.6. The number of rotatable bonds is 20. The number of hydrogen-bond donors (Lipinski definition) is 8. The van der Waals surface area contributed by atoms with Crippen molar-refractivity contribution < 1.29 is 53.3 Å². The molecule has 1 heterocycles. The van der Waals surface area contributed by atoms with E-state index in [9.17, 15) is 48.2 Å². The highest BCUT2D eigenvalue weighted by Gasteiger charge is 2.26. The number of pyridine rings is 1. The average molecular weight is 772 g/mol. The molecule has 4 rings (SSSR count). The fourth-order valence-electron chi connectivity index (χ4n) is 5.57. The number of halogens is 1. The van der Waals surface area contributed by atoms with Crippen molar-refractivity contribution in [2.45, 2.75) is 63.2 Å². The van der Waals surface area contributed by atoms with Crippen LogP contribution in [-0.4, -0.2) is 86.6 Å². The topological polar surface area (TPSA) is 253 Å². The lowest BCUT2D eigenvalue weighted by Crippen LogP contribution is -2.51. The first-order valence-corrected chi connectivity index (χ1v) is 17.6. The third-order valence-electron chi connectivity index (χ3n) is 8.61. The Kier molecular flexibility index (Phi) is 15.3. The third-order valence-corrected chi connectivity index (χ3v) is 8.61. The van der Waals surface area contributed by atoms with Gasteiger partial charge in [0, 0.05) is 37.7 Å². The van der Waals surface area contributed by atoms with Crippen molar-refractivity contribution in [1.82, 2.24) is 31.6 Å². The first-order chi connectivity index (χ1) is 26.8. The zero-order valence-electron chi connectivity index (χ0n) is 30.0. The van der Waals surface area contributed by atoms with Crippen molar-refractivity contribution in [3.8, 4) is 0 Å². The van der Waals surface area contributed by atoms with Gasteiger partial charge in [0.2, 0.25) is 11.9 Å². The van der Waals surface area contributed by atoms with E-state index in [2.05, 4.69) is 31.6 Å². The summed E-state index contributed by atoms with van der Waals surface area (Å²) >= 11 is 0. The van der Waals surface area contributed by atoms with Crippen LogP contribution in [0.2, 0.25) is 0 Å². The Morgan fingerprint density at radius 1 is 0.643 bits per heavy atom. The number of carbonyl (C=O) groups is 7. The molecule has 0 radical (unpaired) electrons. The summed E-state index contributed by atoms with van der Waals surface area (Å²) in [6.45, 7) is 0.230. The Morgan fingerprint density at radius 3 is 1.93 bits per heavy atom. The second-order valence-electron chi connectivity index (χ2n) is 12.8. The Hall–Kier alpha value is -6.91. The van der Waals surface area contributed by atoms with Gasteiger partial charge in [-0.3, -0.25) is 19.2 Å². The van der Waals surface area contributed by atoms with Crippen molar-refractivity contribution in [3.63, 3.8) is 0 Å². The van der Waals surface area contributed by atoms with E-state index in [4.69, 9.17) is 5.11 Å². The van der Waals surface area contributed by atoms with Gasteiger partial charge in [-0.15, -0.1) is 0 Å². The molecule has 3 atom stereocenters. The number of amides is 5. The molecule has 3 aromatic carbocycles. The number of aliphatic carboxylic acids is 3. The Bertz CT molecular complexity index is 2040. The summed E-state index contributed by atoms with van der Waals surface area (Å²) in [5.74, 6) is -6.29. The Labute approximate surface area is 319 Å². The summed E-state index contributed by atoms with van der Waals surface area (Å²) in [5, 5.41) is 42.1. The van der Waals surface area contributed by atoms with Crippen LogP contribution in [-0.2, 0) is 32.1 Å². The predicted molar refractivity (Wildman–Crippen MR) is 199 cm³/mol. The molecule has 0 aliphatic carbocycles. The molecule has 0 saturated carbocycles. The van der Waals surface area contributed by atoms with Crippen LogP contribution in [0.25, 0.3) is 10.8 Å². The van der Waals surface area contributed by atoms with Gasteiger partial charge in [0.25, 0.3) is 11.8 Å². The normalized spacial score (nSPS) is 12.4. The van der Waals surface area contributed by atoms with Gasteiger partial charge in [0.05, 0.1) is 5.56 Å². The van der Waals surface area contributed by atoms with E-state index in [0.717, 1.165) is 28.6 Å². The standard InChI is InChI=1S/C39H41FN6O10/c40-32-16-14-28(22-42-32)34(49)43-21-23-8-12-26(13-9-23)35(50)44-31(20-24-10-11-25-5-1-2-6-27(25)19-24)36(51)41-18-4-3-7-29(37(52)53)45-39(56)46-30(38(54)55)15-17-33(47)48/h1-2,5-6,8-14,16,19,22,29-31H,3-4,7,15,17-18,20-21H2,(H,41,51)(H,43,49)(H,44,50)(H,47,48)(H,52,53)(H,54,55)(H2,45,46,56)/t29-,30-,31-/m0/s1/i40-1. The second-order valence-corrected chi connectivity index (χ2v) is 12.8. The van der Waals surface area contributed by atoms with E-state index in [1.807, 2.05) is 42.5 Å². The number of carboxylic acids is 3. The molecule has 1 aromatic heterocycles. The molecule has 5 amide bonds. The zero-order chi connectivity index (χ0) is 40.6. The minimum absolute atomic E-state index is 0.0636. The molecule has 0 fully saturated rings. The molecule has 0 spiro atoms. The molecular formula is C39H41FN6O10. The van der Waals surface area contributed by atoms with Crippen LogP contribution in [0.3, 0.4) is 0 Å². The monoisotopic (exact) mass is 771 g/mol. The smallest absolute Gasteiger partial charge is 0.326 e. The molecule has 16 nitrogen and oxygen atoms in total. The van der Waals surface area contributed by atoms with E-state index in [0.29, 0.717) is 12.0 Å². The van der Waals surface area contributed by atoms with E-state index >= 15 is 0 Å². The lowest BCUT2D eigenvalue weighted by molar-refractivity contribution is -0.140. The van der Waals surface area contributed by atoms with Crippen molar-refractivity contribution >= 4 is 52.4 Å². The molecule has 4 aromatic rings. The lowest BCUT2D eigenvalue weighted by atomic mass is 10.0.